The van der Waals surface area contributed by atoms with Gasteiger partial charge in [0.15, 0.2) is 12.4 Å². The van der Waals surface area contributed by atoms with Crippen LogP contribution in [0.1, 0.15) is 35.0 Å². The molecule has 134 valence electrons. The Kier molecular flexibility index (Phi) is 5.31. The minimum atomic E-state index is -0.480. The molecule has 0 spiro atoms. The molecule has 6 heteroatoms. The van der Waals surface area contributed by atoms with Crippen LogP contribution in [0.4, 0.5) is 0 Å². The van der Waals surface area contributed by atoms with Crippen molar-refractivity contribution in [3.63, 3.8) is 0 Å². The highest BCUT2D eigenvalue weighted by Gasteiger charge is 2.08. The third kappa shape index (κ3) is 4.27. The SMILES string of the molecule is CCC(=O)c1ccc(OCC(=O)OCc2cn3cc(C)ccc3n2)cc1. The molecule has 1 aromatic carbocycles. The number of imidazole rings is 1. The summed E-state index contributed by atoms with van der Waals surface area (Å²) in [5.74, 6) is 0.100. The number of carbonyl (C=O) groups excluding carboxylic acids is 2. The molecular weight excluding hydrogens is 332 g/mol. The van der Waals surface area contributed by atoms with Gasteiger partial charge in [-0.1, -0.05) is 13.0 Å². The molecule has 0 amide bonds. The van der Waals surface area contributed by atoms with Crippen LogP contribution in [0.25, 0.3) is 5.65 Å². The Balaban J connectivity index is 1.49. The van der Waals surface area contributed by atoms with E-state index in [1.54, 1.807) is 24.3 Å². The van der Waals surface area contributed by atoms with E-state index in [0.717, 1.165) is 11.2 Å². The predicted octanol–water partition coefficient (Wildman–Crippen LogP) is 3.36. The summed E-state index contributed by atoms with van der Waals surface area (Å²) in [5.41, 5.74) is 3.23. The van der Waals surface area contributed by atoms with Crippen molar-refractivity contribution in [2.75, 3.05) is 6.61 Å². The zero-order valence-corrected chi connectivity index (χ0v) is 14.8. The van der Waals surface area contributed by atoms with Crippen LogP contribution in [0, 0.1) is 6.92 Å². The van der Waals surface area contributed by atoms with E-state index >= 15 is 0 Å². The van der Waals surface area contributed by atoms with Gasteiger partial charge in [-0.05, 0) is 42.8 Å². The third-order valence-electron chi connectivity index (χ3n) is 3.88. The van der Waals surface area contributed by atoms with Gasteiger partial charge in [0.05, 0.1) is 5.69 Å². The van der Waals surface area contributed by atoms with Crippen molar-refractivity contribution in [2.45, 2.75) is 26.9 Å². The maximum atomic E-state index is 11.8. The Hall–Kier alpha value is -3.15. The van der Waals surface area contributed by atoms with Gasteiger partial charge in [0.1, 0.15) is 18.0 Å². The Bertz CT molecular complexity index is 929. The number of nitrogens with zero attached hydrogens (tertiary/aromatic N) is 2. The fraction of sp³-hybridized carbons (Fsp3) is 0.250. The molecule has 26 heavy (non-hydrogen) atoms. The maximum Gasteiger partial charge on any atom is 0.344 e. The number of aryl methyl sites for hydroxylation is 1. The fourth-order valence-corrected chi connectivity index (χ4v) is 2.50. The van der Waals surface area contributed by atoms with Crippen LogP contribution in [-0.4, -0.2) is 27.7 Å². The second-order valence-electron chi connectivity index (χ2n) is 5.95. The molecule has 0 fully saturated rings. The number of fused-ring (bicyclic) bond motifs is 1. The van der Waals surface area contributed by atoms with Gasteiger partial charge in [-0.3, -0.25) is 4.79 Å². The first-order chi connectivity index (χ1) is 12.5. The highest BCUT2D eigenvalue weighted by atomic mass is 16.6. The monoisotopic (exact) mass is 352 g/mol. The molecule has 0 unspecified atom stereocenters. The van der Waals surface area contributed by atoms with E-state index in [1.807, 2.05) is 42.8 Å². The lowest BCUT2D eigenvalue weighted by Gasteiger charge is -2.06. The molecule has 0 aliphatic rings. The van der Waals surface area contributed by atoms with Gasteiger partial charge >= 0.3 is 5.97 Å². The van der Waals surface area contributed by atoms with E-state index in [2.05, 4.69) is 4.98 Å². The van der Waals surface area contributed by atoms with E-state index in [9.17, 15) is 9.59 Å². The Labute approximate surface area is 151 Å². The molecular formula is C20H20N2O4. The van der Waals surface area contributed by atoms with E-state index in [4.69, 9.17) is 9.47 Å². The fourth-order valence-electron chi connectivity index (χ4n) is 2.50. The van der Waals surface area contributed by atoms with Crippen molar-refractivity contribution in [2.24, 2.45) is 0 Å². The van der Waals surface area contributed by atoms with Crippen LogP contribution >= 0.6 is 0 Å². The second-order valence-corrected chi connectivity index (χ2v) is 5.95. The van der Waals surface area contributed by atoms with Crippen molar-refractivity contribution >= 4 is 17.4 Å². The molecule has 2 aromatic heterocycles. The quantitative estimate of drug-likeness (QED) is 0.482. The molecule has 6 nitrogen and oxygen atoms in total. The first-order valence-corrected chi connectivity index (χ1v) is 8.41. The van der Waals surface area contributed by atoms with Crippen molar-refractivity contribution in [1.82, 2.24) is 9.38 Å². The van der Waals surface area contributed by atoms with E-state index in [1.165, 1.54) is 0 Å². The molecule has 0 radical (unpaired) electrons. The van der Waals surface area contributed by atoms with Crippen molar-refractivity contribution in [3.05, 3.63) is 65.6 Å². The number of hydrogen-bond acceptors (Lipinski definition) is 5. The number of hydrogen-bond donors (Lipinski definition) is 0. The number of esters is 1. The number of rotatable bonds is 7. The summed E-state index contributed by atoms with van der Waals surface area (Å²) in [4.78, 5) is 27.8. The summed E-state index contributed by atoms with van der Waals surface area (Å²) in [6, 6.07) is 10.6. The summed E-state index contributed by atoms with van der Waals surface area (Å²) in [7, 11) is 0. The Morgan fingerprint density at radius 1 is 1.08 bits per heavy atom. The van der Waals surface area contributed by atoms with Crippen molar-refractivity contribution in [3.8, 4) is 5.75 Å². The third-order valence-corrected chi connectivity index (χ3v) is 3.88. The van der Waals surface area contributed by atoms with Crippen molar-refractivity contribution < 1.29 is 19.1 Å². The number of aromatic nitrogens is 2. The lowest BCUT2D eigenvalue weighted by Crippen LogP contribution is -2.14. The number of pyridine rings is 1. The molecule has 0 saturated heterocycles. The molecule has 3 rings (SSSR count). The van der Waals surface area contributed by atoms with Crippen LogP contribution < -0.4 is 4.74 Å². The van der Waals surface area contributed by atoms with Gasteiger partial charge < -0.3 is 13.9 Å². The largest absolute Gasteiger partial charge is 0.482 e. The predicted molar refractivity (Wildman–Crippen MR) is 96.3 cm³/mol. The maximum absolute atomic E-state index is 11.8. The highest BCUT2D eigenvalue weighted by Crippen LogP contribution is 2.14. The smallest absolute Gasteiger partial charge is 0.344 e. The van der Waals surface area contributed by atoms with Gasteiger partial charge in [-0.2, -0.15) is 0 Å². The molecule has 0 N–H and O–H groups in total. The normalized spacial score (nSPS) is 10.7. The highest BCUT2D eigenvalue weighted by molar-refractivity contribution is 5.95. The molecule has 2 heterocycles. The van der Waals surface area contributed by atoms with Gasteiger partial charge in [-0.25, -0.2) is 9.78 Å². The van der Waals surface area contributed by atoms with E-state index in [-0.39, 0.29) is 19.0 Å². The van der Waals surface area contributed by atoms with Crippen LogP contribution in [0.15, 0.2) is 48.8 Å². The number of carbonyl (C=O) groups is 2. The second kappa shape index (κ2) is 7.82. The number of ketones is 1. The average molecular weight is 352 g/mol. The topological polar surface area (TPSA) is 69.9 Å². The molecule has 0 atom stereocenters. The molecule has 0 saturated carbocycles. The first-order valence-electron chi connectivity index (χ1n) is 8.41. The number of ether oxygens (including phenoxy) is 2. The Morgan fingerprint density at radius 2 is 1.85 bits per heavy atom. The Morgan fingerprint density at radius 3 is 2.58 bits per heavy atom. The number of Topliss-reactive ketones (excluding diaryl/α,β-unsaturated/α-hetero) is 1. The lowest BCUT2D eigenvalue weighted by molar-refractivity contribution is -0.147. The van der Waals surface area contributed by atoms with Gasteiger partial charge in [0.2, 0.25) is 0 Å². The van der Waals surface area contributed by atoms with Crippen molar-refractivity contribution in [1.29, 1.82) is 0 Å². The molecule has 0 aliphatic carbocycles. The summed E-state index contributed by atoms with van der Waals surface area (Å²) in [6.07, 6.45) is 4.25. The van der Waals surface area contributed by atoms with Gasteiger partial charge in [0, 0.05) is 24.4 Å². The van der Waals surface area contributed by atoms with Gasteiger partial charge in [0.25, 0.3) is 0 Å². The van der Waals surface area contributed by atoms with Crippen LogP contribution in [0.3, 0.4) is 0 Å². The minimum absolute atomic E-state index is 0.0682. The summed E-state index contributed by atoms with van der Waals surface area (Å²) in [6.45, 7) is 3.70. The van der Waals surface area contributed by atoms with Crippen LogP contribution in [0.5, 0.6) is 5.75 Å². The lowest BCUT2D eigenvalue weighted by atomic mass is 10.1. The first kappa shape index (κ1) is 17.7. The van der Waals surface area contributed by atoms with E-state index in [0.29, 0.717) is 23.4 Å². The van der Waals surface area contributed by atoms with Gasteiger partial charge in [-0.15, -0.1) is 0 Å². The molecule has 3 aromatic rings. The zero-order valence-electron chi connectivity index (χ0n) is 14.8. The molecule has 0 bridgehead atoms. The molecule has 0 aliphatic heterocycles. The minimum Gasteiger partial charge on any atom is -0.482 e. The summed E-state index contributed by atoms with van der Waals surface area (Å²) >= 11 is 0. The summed E-state index contributed by atoms with van der Waals surface area (Å²) < 4.78 is 12.5. The van der Waals surface area contributed by atoms with E-state index < -0.39 is 5.97 Å². The number of benzene rings is 1. The average Bonchev–Trinajstić information content (AvgIpc) is 3.06. The summed E-state index contributed by atoms with van der Waals surface area (Å²) in [5, 5.41) is 0. The van der Waals surface area contributed by atoms with Crippen LogP contribution in [0.2, 0.25) is 0 Å². The van der Waals surface area contributed by atoms with Crippen LogP contribution in [-0.2, 0) is 16.1 Å². The standard InChI is InChI=1S/C20H20N2O4/c1-3-18(23)15-5-7-17(8-6-15)25-13-20(24)26-12-16-11-22-10-14(2)4-9-19(22)21-16/h4-11H,3,12-13H2,1-2H3. The zero-order chi connectivity index (χ0) is 18.5.